The summed E-state index contributed by atoms with van der Waals surface area (Å²) in [7, 11) is 0. The van der Waals surface area contributed by atoms with Crippen LogP contribution in [-0.2, 0) is 10.9 Å². The number of benzene rings is 1. The molecule has 1 aromatic rings. The SMILES string of the molecule is CC1(C(=O)c2ccc(C(F)(F)F)cc2)CCCO1. The van der Waals surface area contributed by atoms with Crippen molar-refractivity contribution in [1.82, 2.24) is 0 Å². The summed E-state index contributed by atoms with van der Waals surface area (Å²) in [5.74, 6) is -0.256. The van der Waals surface area contributed by atoms with Crippen molar-refractivity contribution in [2.45, 2.75) is 31.5 Å². The van der Waals surface area contributed by atoms with E-state index in [2.05, 4.69) is 0 Å². The van der Waals surface area contributed by atoms with Crippen LogP contribution in [0.25, 0.3) is 0 Å². The van der Waals surface area contributed by atoms with Crippen LogP contribution in [0.15, 0.2) is 24.3 Å². The van der Waals surface area contributed by atoms with Gasteiger partial charge >= 0.3 is 6.18 Å². The second-order valence-electron chi connectivity index (χ2n) is 4.59. The molecule has 1 heterocycles. The molecular weight excluding hydrogens is 245 g/mol. The molecule has 18 heavy (non-hydrogen) atoms. The molecule has 1 atom stereocenters. The molecule has 98 valence electrons. The number of hydrogen-bond donors (Lipinski definition) is 0. The molecule has 2 nitrogen and oxygen atoms in total. The van der Waals surface area contributed by atoms with Crippen LogP contribution in [0.2, 0.25) is 0 Å². The Kier molecular flexibility index (Phi) is 3.19. The van der Waals surface area contributed by atoms with Crippen molar-refractivity contribution in [2.24, 2.45) is 0 Å². The molecule has 0 bridgehead atoms. The number of alkyl halides is 3. The van der Waals surface area contributed by atoms with Gasteiger partial charge in [-0.3, -0.25) is 4.79 Å². The second kappa shape index (κ2) is 4.39. The maximum absolute atomic E-state index is 12.4. The Labute approximate surface area is 103 Å². The summed E-state index contributed by atoms with van der Waals surface area (Å²) in [5, 5.41) is 0. The van der Waals surface area contributed by atoms with Crippen LogP contribution in [0.1, 0.15) is 35.7 Å². The van der Waals surface area contributed by atoms with Crippen molar-refractivity contribution in [1.29, 1.82) is 0 Å². The minimum Gasteiger partial charge on any atom is -0.367 e. The first-order valence-corrected chi connectivity index (χ1v) is 5.69. The molecule has 1 aliphatic rings. The summed E-state index contributed by atoms with van der Waals surface area (Å²) in [4.78, 5) is 12.1. The molecule has 0 aromatic heterocycles. The Balaban J connectivity index is 2.22. The van der Waals surface area contributed by atoms with Gasteiger partial charge in [0.25, 0.3) is 0 Å². The first-order chi connectivity index (χ1) is 8.33. The van der Waals surface area contributed by atoms with E-state index in [-0.39, 0.29) is 11.3 Å². The first kappa shape index (κ1) is 13.1. The van der Waals surface area contributed by atoms with E-state index in [1.165, 1.54) is 12.1 Å². The summed E-state index contributed by atoms with van der Waals surface area (Å²) in [6.07, 6.45) is -2.98. The Morgan fingerprint density at radius 2 is 1.89 bits per heavy atom. The van der Waals surface area contributed by atoms with Gasteiger partial charge in [-0.25, -0.2) is 0 Å². The molecule has 1 fully saturated rings. The summed E-state index contributed by atoms with van der Waals surface area (Å²) >= 11 is 0. The number of ketones is 1. The zero-order chi connectivity index (χ0) is 13.4. The molecule has 1 aromatic carbocycles. The number of hydrogen-bond acceptors (Lipinski definition) is 2. The lowest BCUT2D eigenvalue weighted by Gasteiger charge is -2.21. The zero-order valence-electron chi connectivity index (χ0n) is 9.88. The van der Waals surface area contributed by atoms with Crippen molar-refractivity contribution >= 4 is 5.78 Å². The highest BCUT2D eigenvalue weighted by Gasteiger charge is 2.38. The van der Waals surface area contributed by atoms with Gasteiger partial charge in [0.2, 0.25) is 0 Å². The van der Waals surface area contributed by atoms with Crippen LogP contribution in [0.4, 0.5) is 13.2 Å². The fourth-order valence-corrected chi connectivity index (χ4v) is 2.07. The fourth-order valence-electron chi connectivity index (χ4n) is 2.07. The molecule has 1 aliphatic heterocycles. The first-order valence-electron chi connectivity index (χ1n) is 5.69. The van der Waals surface area contributed by atoms with Crippen LogP contribution in [0.5, 0.6) is 0 Å². The van der Waals surface area contributed by atoms with E-state index in [4.69, 9.17) is 4.74 Å². The monoisotopic (exact) mass is 258 g/mol. The van der Waals surface area contributed by atoms with Gasteiger partial charge < -0.3 is 4.74 Å². The lowest BCUT2D eigenvalue weighted by Crippen LogP contribution is -2.34. The van der Waals surface area contributed by atoms with Crippen molar-refractivity contribution in [3.05, 3.63) is 35.4 Å². The van der Waals surface area contributed by atoms with Crippen LogP contribution >= 0.6 is 0 Å². The Morgan fingerprint density at radius 1 is 1.28 bits per heavy atom. The van der Waals surface area contributed by atoms with Crippen LogP contribution in [-0.4, -0.2) is 18.0 Å². The molecule has 0 saturated carbocycles. The van der Waals surface area contributed by atoms with Gasteiger partial charge in [-0.2, -0.15) is 13.2 Å². The number of carbonyl (C=O) groups is 1. The Morgan fingerprint density at radius 3 is 2.33 bits per heavy atom. The van der Waals surface area contributed by atoms with Gasteiger partial charge in [-0.1, -0.05) is 12.1 Å². The van der Waals surface area contributed by atoms with Gasteiger partial charge in [-0.15, -0.1) is 0 Å². The molecule has 0 aliphatic carbocycles. The average molecular weight is 258 g/mol. The molecule has 0 radical (unpaired) electrons. The smallest absolute Gasteiger partial charge is 0.367 e. The minimum atomic E-state index is -4.38. The molecule has 5 heteroatoms. The number of rotatable bonds is 2. The van der Waals surface area contributed by atoms with Gasteiger partial charge in [0.1, 0.15) is 5.60 Å². The Bertz CT molecular complexity index is 442. The highest BCUT2D eigenvalue weighted by molar-refractivity contribution is 6.02. The third kappa shape index (κ3) is 2.41. The third-order valence-corrected chi connectivity index (χ3v) is 3.17. The number of ether oxygens (including phenoxy) is 1. The van der Waals surface area contributed by atoms with Crippen LogP contribution in [0.3, 0.4) is 0 Å². The van der Waals surface area contributed by atoms with Gasteiger partial charge in [-0.05, 0) is 31.9 Å². The maximum Gasteiger partial charge on any atom is 0.416 e. The maximum atomic E-state index is 12.4. The highest BCUT2D eigenvalue weighted by Crippen LogP contribution is 2.32. The predicted molar refractivity (Wildman–Crippen MR) is 59.4 cm³/mol. The average Bonchev–Trinajstić information content (AvgIpc) is 2.75. The second-order valence-corrected chi connectivity index (χ2v) is 4.59. The van der Waals surface area contributed by atoms with Crippen molar-refractivity contribution in [3.8, 4) is 0 Å². The van der Waals surface area contributed by atoms with E-state index in [1.807, 2.05) is 0 Å². The van der Waals surface area contributed by atoms with E-state index >= 15 is 0 Å². The fraction of sp³-hybridized carbons (Fsp3) is 0.462. The highest BCUT2D eigenvalue weighted by atomic mass is 19.4. The van der Waals surface area contributed by atoms with E-state index in [1.54, 1.807) is 6.92 Å². The zero-order valence-corrected chi connectivity index (χ0v) is 9.88. The number of halogens is 3. The lowest BCUT2D eigenvalue weighted by atomic mass is 9.91. The molecule has 0 N–H and O–H groups in total. The van der Waals surface area contributed by atoms with Crippen molar-refractivity contribution in [3.63, 3.8) is 0 Å². The molecular formula is C13H13F3O2. The van der Waals surface area contributed by atoms with E-state index in [0.29, 0.717) is 13.0 Å². The summed E-state index contributed by atoms with van der Waals surface area (Å²) in [6.45, 7) is 2.20. The summed E-state index contributed by atoms with van der Waals surface area (Å²) in [6, 6.07) is 4.26. The van der Waals surface area contributed by atoms with Gasteiger partial charge in [0.05, 0.1) is 5.56 Å². The summed E-state index contributed by atoms with van der Waals surface area (Å²) < 4.78 is 42.5. The number of carbonyl (C=O) groups excluding carboxylic acids is 1. The Hall–Kier alpha value is -1.36. The molecule has 0 amide bonds. The van der Waals surface area contributed by atoms with E-state index in [0.717, 1.165) is 18.6 Å². The quantitative estimate of drug-likeness (QED) is 0.759. The normalized spacial score (nSPS) is 24.2. The van der Waals surface area contributed by atoms with E-state index in [9.17, 15) is 18.0 Å². The predicted octanol–water partition coefficient (Wildman–Crippen LogP) is 3.46. The molecule has 0 spiro atoms. The van der Waals surface area contributed by atoms with Crippen LogP contribution < -0.4 is 0 Å². The van der Waals surface area contributed by atoms with Crippen LogP contribution in [0, 0.1) is 0 Å². The molecule has 1 saturated heterocycles. The third-order valence-electron chi connectivity index (χ3n) is 3.17. The summed E-state index contributed by atoms with van der Waals surface area (Å²) in [5.41, 5.74) is -1.39. The van der Waals surface area contributed by atoms with Gasteiger partial charge in [0, 0.05) is 12.2 Å². The number of Topliss-reactive ketones (excluding diaryl/α,β-unsaturated/α-hetero) is 1. The topological polar surface area (TPSA) is 26.3 Å². The molecule has 1 unspecified atom stereocenters. The van der Waals surface area contributed by atoms with E-state index < -0.39 is 17.3 Å². The molecule has 2 rings (SSSR count). The minimum absolute atomic E-state index is 0.256. The van der Waals surface area contributed by atoms with Crippen molar-refractivity contribution < 1.29 is 22.7 Å². The largest absolute Gasteiger partial charge is 0.416 e. The van der Waals surface area contributed by atoms with Gasteiger partial charge in [0.15, 0.2) is 5.78 Å². The standard InChI is InChI=1S/C13H13F3O2/c1-12(7-2-8-18-12)11(17)9-3-5-10(6-4-9)13(14,15)16/h3-6H,2,7-8H2,1H3. The lowest BCUT2D eigenvalue weighted by molar-refractivity contribution is -0.137. The van der Waals surface area contributed by atoms with Crippen molar-refractivity contribution in [2.75, 3.05) is 6.61 Å².